The average molecular weight is 465 g/mol. The third-order valence-corrected chi connectivity index (χ3v) is 10.7. The van der Waals surface area contributed by atoms with Gasteiger partial charge in [-0.3, -0.25) is 0 Å². The number of para-hydroxylation sites is 1. The number of halogens is 1. The van der Waals surface area contributed by atoms with Crippen molar-refractivity contribution in [3.05, 3.63) is 47.5 Å². The molecule has 0 amide bonds. The van der Waals surface area contributed by atoms with Crippen molar-refractivity contribution in [3.8, 4) is 0 Å². The number of nitrogens with zero attached hydrogens (tertiary/aromatic N) is 2. The van der Waals surface area contributed by atoms with Gasteiger partial charge in [-0.05, 0) is 71.0 Å². The van der Waals surface area contributed by atoms with Crippen LogP contribution in [0.2, 0.25) is 5.02 Å². The lowest BCUT2D eigenvalue weighted by molar-refractivity contribution is 0.241. The molecule has 2 aromatic rings. The van der Waals surface area contributed by atoms with Gasteiger partial charge in [-0.2, -0.15) is 0 Å². The van der Waals surface area contributed by atoms with Gasteiger partial charge < -0.3 is 9.80 Å². The Bertz CT molecular complexity index is 866. The van der Waals surface area contributed by atoms with E-state index < -0.39 is 0 Å². The van der Waals surface area contributed by atoms with E-state index in [1.807, 2.05) is 39.4 Å². The first-order valence-corrected chi connectivity index (χ1v) is 13.5. The Balaban J connectivity index is 1.50. The lowest BCUT2D eigenvalue weighted by Crippen LogP contribution is -2.41. The third-order valence-electron chi connectivity index (χ3n) is 5.15. The van der Waals surface area contributed by atoms with Gasteiger partial charge in [0.25, 0.3) is 0 Å². The first-order valence-electron chi connectivity index (χ1n) is 10.2. The molecule has 0 spiro atoms. The van der Waals surface area contributed by atoms with Gasteiger partial charge in [0.1, 0.15) is 0 Å². The van der Waals surface area contributed by atoms with Crippen molar-refractivity contribution in [2.24, 2.45) is 0 Å². The quantitative estimate of drug-likeness (QED) is 0.428. The van der Waals surface area contributed by atoms with Crippen molar-refractivity contribution in [1.82, 2.24) is 4.90 Å². The second-order valence-electron chi connectivity index (χ2n) is 9.08. The smallest absolute Gasteiger partial charge is 0.0567 e. The van der Waals surface area contributed by atoms with E-state index in [0.717, 1.165) is 37.6 Å². The second kappa shape index (κ2) is 8.58. The van der Waals surface area contributed by atoms with Crippen molar-refractivity contribution in [2.75, 3.05) is 31.1 Å². The van der Waals surface area contributed by atoms with Crippen LogP contribution in [0.15, 0.2) is 52.3 Å². The number of benzene rings is 2. The monoisotopic (exact) mass is 464 g/mol. The van der Waals surface area contributed by atoms with Crippen molar-refractivity contribution in [1.29, 1.82) is 0 Å². The molecule has 0 saturated carbocycles. The molecule has 156 valence electrons. The van der Waals surface area contributed by atoms with Gasteiger partial charge in [0.15, 0.2) is 0 Å². The van der Waals surface area contributed by atoms with E-state index in [9.17, 15) is 0 Å². The predicted octanol–water partition coefficient (Wildman–Crippen LogP) is 7.59. The molecular weight excluding hydrogens is 436 g/mol. The molecule has 0 N–H and O–H groups in total. The van der Waals surface area contributed by atoms with E-state index in [-0.39, 0.29) is 9.49 Å². The summed E-state index contributed by atoms with van der Waals surface area (Å²) in [6.45, 7) is 13.9. The van der Waals surface area contributed by atoms with E-state index >= 15 is 0 Å². The van der Waals surface area contributed by atoms with E-state index in [4.69, 9.17) is 11.6 Å². The first-order chi connectivity index (χ1) is 13.7. The molecule has 0 atom stereocenters. The predicted molar refractivity (Wildman–Crippen MR) is 133 cm³/mol. The highest BCUT2D eigenvalue weighted by molar-refractivity contribution is 8.77. The molecule has 2 aliphatic heterocycles. The Kier molecular flexibility index (Phi) is 6.44. The fourth-order valence-corrected chi connectivity index (χ4v) is 7.90. The standard InChI is InChI=1S/C23H29ClN2S3/c1-22(2)15-25(16-23(3,4)29-28-22)12-7-13-26-18-8-5-6-9-20(18)27-21-11-10-17(24)14-19(21)26/h5-6,8-11,14H,7,12-13,15-16H2,1-4H3. The Morgan fingerprint density at radius 1 is 0.862 bits per heavy atom. The van der Waals surface area contributed by atoms with Crippen LogP contribution in [0.25, 0.3) is 0 Å². The maximum atomic E-state index is 6.36. The van der Waals surface area contributed by atoms with Crippen LogP contribution in [0.5, 0.6) is 0 Å². The van der Waals surface area contributed by atoms with Crippen molar-refractivity contribution < 1.29 is 0 Å². The summed E-state index contributed by atoms with van der Waals surface area (Å²) in [6.07, 6.45) is 1.13. The summed E-state index contributed by atoms with van der Waals surface area (Å²) in [6, 6.07) is 15.0. The molecule has 1 fully saturated rings. The summed E-state index contributed by atoms with van der Waals surface area (Å²) >= 11 is 8.20. The summed E-state index contributed by atoms with van der Waals surface area (Å²) in [7, 11) is 4.09. The highest BCUT2D eigenvalue weighted by Gasteiger charge is 2.34. The lowest BCUT2D eigenvalue weighted by atomic mass is 10.1. The Hall–Kier alpha value is -0.460. The molecular formula is C23H29ClN2S3. The number of rotatable bonds is 4. The van der Waals surface area contributed by atoms with E-state index in [2.05, 4.69) is 73.9 Å². The topological polar surface area (TPSA) is 6.48 Å². The molecule has 0 unspecified atom stereocenters. The lowest BCUT2D eigenvalue weighted by Gasteiger charge is -2.34. The highest BCUT2D eigenvalue weighted by Crippen LogP contribution is 2.49. The zero-order valence-corrected chi connectivity index (χ0v) is 20.8. The van der Waals surface area contributed by atoms with E-state index in [1.165, 1.54) is 21.2 Å². The fourth-order valence-electron chi connectivity index (χ4n) is 4.07. The van der Waals surface area contributed by atoms with Gasteiger partial charge in [0, 0.05) is 43.9 Å². The largest absolute Gasteiger partial charge is 0.340 e. The molecule has 2 nitrogen and oxygen atoms in total. The van der Waals surface area contributed by atoms with E-state index in [0.29, 0.717) is 0 Å². The van der Waals surface area contributed by atoms with E-state index in [1.54, 1.807) is 0 Å². The van der Waals surface area contributed by atoms with Crippen LogP contribution in [0, 0.1) is 0 Å². The summed E-state index contributed by atoms with van der Waals surface area (Å²) in [5.41, 5.74) is 2.54. The van der Waals surface area contributed by atoms with Crippen LogP contribution in [0.3, 0.4) is 0 Å². The average Bonchev–Trinajstić information content (AvgIpc) is 2.76. The summed E-state index contributed by atoms with van der Waals surface area (Å²) in [5.74, 6) is 0. The minimum Gasteiger partial charge on any atom is -0.340 e. The molecule has 4 rings (SSSR count). The molecule has 0 aromatic heterocycles. The zero-order chi connectivity index (χ0) is 20.6. The molecule has 1 saturated heterocycles. The summed E-state index contributed by atoms with van der Waals surface area (Å²) in [5, 5.41) is 0.804. The normalized spacial score (nSPS) is 20.7. The van der Waals surface area contributed by atoms with Gasteiger partial charge in [-0.15, -0.1) is 0 Å². The number of anilines is 2. The molecule has 2 aromatic carbocycles. The summed E-state index contributed by atoms with van der Waals surface area (Å²) < 4.78 is 0.569. The zero-order valence-electron chi connectivity index (χ0n) is 17.6. The molecule has 0 aliphatic carbocycles. The third kappa shape index (κ3) is 5.24. The van der Waals surface area contributed by atoms with Crippen LogP contribution >= 0.6 is 45.0 Å². The Labute approximate surface area is 192 Å². The van der Waals surface area contributed by atoms with Crippen molar-refractivity contribution >= 4 is 56.3 Å². The highest BCUT2D eigenvalue weighted by atomic mass is 35.5. The molecule has 2 aliphatic rings. The van der Waals surface area contributed by atoms with Crippen LogP contribution in [0.1, 0.15) is 34.1 Å². The second-order valence-corrected chi connectivity index (χ2v) is 14.1. The molecule has 2 heterocycles. The van der Waals surface area contributed by atoms with Gasteiger partial charge in [0.2, 0.25) is 0 Å². The summed E-state index contributed by atoms with van der Waals surface area (Å²) in [4.78, 5) is 7.74. The SMILES string of the molecule is CC1(C)CN(CCCN2c3ccccc3Sc3ccc(Cl)cc32)CC(C)(C)SS1. The van der Waals surface area contributed by atoms with Crippen LogP contribution in [-0.4, -0.2) is 40.6 Å². The Morgan fingerprint density at radius 3 is 2.24 bits per heavy atom. The first kappa shape index (κ1) is 21.8. The van der Waals surface area contributed by atoms with Crippen molar-refractivity contribution in [2.45, 2.75) is 53.4 Å². The van der Waals surface area contributed by atoms with Crippen LogP contribution in [0.4, 0.5) is 11.4 Å². The van der Waals surface area contributed by atoms with Gasteiger partial charge in [-0.1, -0.05) is 57.1 Å². The minimum atomic E-state index is 0.285. The number of fused-ring (bicyclic) bond motifs is 2. The van der Waals surface area contributed by atoms with Gasteiger partial charge in [0.05, 0.1) is 11.4 Å². The number of hydrogen-bond acceptors (Lipinski definition) is 5. The van der Waals surface area contributed by atoms with Crippen LogP contribution in [-0.2, 0) is 0 Å². The van der Waals surface area contributed by atoms with Crippen molar-refractivity contribution in [3.63, 3.8) is 0 Å². The maximum Gasteiger partial charge on any atom is 0.0567 e. The molecule has 0 bridgehead atoms. The maximum absolute atomic E-state index is 6.36. The Morgan fingerprint density at radius 2 is 1.52 bits per heavy atom. The van der Waals surface area contributed by atoms with Gasteiger partial charge >= 0.3 is 0 Å². The molecule has 29 heavy (non-hydrogen) atoms. The fraction of sp³-hybridized carbons (Fsp3) is 0.478. The van der Waals surface area contributed by atoms with Crippen LogP contribution < -0.4 is 4.90 Å². The molecule has 6 heteroatoms. The van der Waals surface area contributed by atoms with Gasteiger partial charge in [-0.25, -0.2) is 0 Å². The molecule has 0 radical (unpaired) electrons. The minimum absolute atomic E-state index is 0.285. The number of hydrogen-bond donors (Lipinski definition) is 0.